The van der Waals surface area contributed by atoms with Crippen LogP contribution in [0.15, 0.2) is 4.47 Å². The Morgan fingerprint density at radius 3 is 2.90 bits per heavy atom. The van der Waals surface area contributed by atoms with Crippen LogP contribution in [0.25, 0.3) is 0 Å². The third-order valence-corrected chi connectivity index (χ3v) is 5.60. The molecule has 20 heavy (non-hydrogen) atoms. The number of amides is 1. The van der Waals surface area contributed by atoms with E-state index in [1.165, 1.54) is 32.2 Å². The Bertz CT molecular complexity index is 539. The van der Waals surface area contributed by atoms with Gasteiger partial charge in [0.05, 0.1) is 10.2 Å². The highest BCUT2D eigenvalue weighted by Crippen LogP contribution is 2.43. The first kappa shape index (κ1) is 12.8. The van der Waals surface area contributed by atoms with E-state index in [0.29, 0.717) is 17.7 Å². The van der Waals surface area contributed by atoms with Crippen molar-refractivity contribution in [2.75, 3.05) is 26.2 Å². The van der Waals surface area contributed by atoms with E-state index in [-0.39, 0.29) is 5.91 Å². The largest absolute Gasteiger partial charge is 0.334 e. The fourth-order valence-corrected chi connectivity index (χ4v) is 4.12. The Kier molecular flexibility index (Phi) is 3.11. The molecule has 1 aromatic heterocycles. The molecule has 1 aromatic rings. The van der Waals surface area contributed by atoms with Crippen LogP contribution in [-0.2, 0) is 0 Å². The molecular formula is C14H19BrN4O. The molecule has 3 heterocycles. The van der Waals surface area contributed by atoms with Crippen LogP contribution >= 0.6 is 15.9 Å². The summed E-state index contributed by atoms with van der Waals surface area (Å²) in [4.78, 5) is 17.1. The average molecular weight is 339 g/mol. The lowest BCUT2D eigenvalue weighted by Gasteiger charge is -2.37. The minimum atomic E-state index is 0.0755. The topological polar surface area (TPSA) is 52.2 Å². The first-order valence-electron chi connectivity index (χ1n) is 7.51. The molecule has 5 nitrogen and oxygen atoms in total. The van der Waals surface area contributed by atoms with Crippen LogP contribution in [0.2, 0.25) is 0 Å². The van der Waals surface area contributed by atoms with Gasteiger partial charge in [-0.15, -0.1) is 0 Å². The van der Waals surface area contributed by atoms with Gasteiger partial charge in [0.25, 0.3) is 5.91 Å². The smallest absolute Gasteiger partial charge is 0.275 e. The fourth-order valence-electron chi connectivity index (χ4n) is 3.45. The maximum atomic E-state index is 12.7. The number of hydrogen-bond donors (Lipinski definition) is 1. The van der Waals surface area contributed by atoms with Crippen LogP contribution in [0.1, 0.15) is 47.8 Å². The number of nitrogens with one attached hydrogen (secondary N) is 1. The highest BCUT2D eigenvalue weighted by atomic mass is 79.9. The van der Waals surface area contributed by atoms with Crippen LogP contribution < -0.4 is 0 Å². The molecular weight excluding hydrogens is 320 g/mol. The van der Waals surface area contributed by atoms with E-state index in [0.717, 1.165) is 29.8 Å². The summed E-state index contributed by atoms with van der Waals surface area (Å²) in [5, 5.41) is 7.31. The van der Waals surface area contributed by atoms with E-state index >= 15 is 0 Å². The van der Waals surface area contributed by atoms with E-state index in [1.807, 2.05) is 4.90 Å². The minimum Gasteiger partial charge on any atom is -0.334 e. The van der Waals surface area contributed by atoms with Gasteiger partial charge in [-0.3, -0.25) is 14.8 Å². The minimum absolute atomic E-state index is 0.0755. The molecule has 2 aliphatic heterocycles. The molecule has 1 atom stereocenters. The highest BCUT2D eigenvalue weighted by Gasteiger charge is 2.35. The number of piperazine rings is 1. The number of nitrogens with zero attached hydrogens (tertiary/aromatic N) is 3. The second-order valence-corrected chi connectivity index (χ2v) is 6.95. The molecule has 0 radical (unpaired) electrons. The van der Waals surface area contributed by atoms with E-state index in [9.17, 15) is 4.79 Å². The zero-order chi connectivity index (χ0) is 13.7. The lowest BCUT2D eigenvalue weighted by atomic mass is 10.1. The molecule has 1 N–H and O–H groups in total. The number of fused-ring (bicyclic) bond motifs is 1. The van der Waals surface area contributed by atoms with Crippen LogP contribution in [0.5, 0.6) is 0 Å². The molecule has 108 valence electrons. The molecule has 1 unspecified atom stereocenters. The van der Waals surface area contributed by atoms with E-state index in [2.05, 4.69) is 31.0 Å². The Morgan fingerprint density at radius 1 is 1.25 bits per heavy atom. The number of aromatic amines is 1. The standard InChI is InChI=1S/C14H19BrN4O/c15-11-12(9-3-4-9)16-17-13(11)14(20)19-7-6-18-5-1-2-10(18)8-19/h9-10H,1-8H2,(H,16,17). The van der Waals surface area contributed by atoms with Gasteiger partial charge in [-0.25, -0.2) is 0 Å². The van der Waals surface area contributed by atoms with Gasteiger partial charge in [-0.05, 0) is 48.2 Å². The summed E-state index contributed by atoms with van der Waals surface area (Å²) in [6, 6.07) is 0.563. The Morgan fingerprint density at radius 2 is 2.10 bits per heavy atom. The van der Waals surface area contributed by atoms with Crippen molar-refractivity contribution < 1.29 is 4.79 Å². The SMILES string of the molecule is O=C(c1n[nH]c(C2CC2)c1Br)N1CCN2CCCC2C1. The van der Waals surface area contributed by atoms with Gasteiger partial charge in [0, 0.05) is 31.6 Å². The molecule has 0 aromatic carbocycles. The Hall–Kier alpha value is -0.880. The molecule has 1 aliphatic carbocycles. The molecule has 2 saturated heterocycles. The Balaban J connectivity index is 1.52. The number of carbonyl (C=O) groups is 1. The zero-order valence-corrected chi connectivity index (χ0v) is 13.0. The second-order valence-electron chi connectivity index (χ2n) is 6.16. The van der Waals surface area contributed by atoms with Crippen LogP contribution in [0, 0.1) is 0 Å². The molecule has 0 bridgehead atoms. The molecule has 1 saturated carbocycles. The van der Waals surface area contributed by atoms with Crippen molar-refractivity contribution in [3.8, 4) is 0 Å². The fraction of sp³-hybridized carbons (Fsp3) is 0.714. The summed E-state index contributed by atoms with van der Waals surface area (Å²) in [6.45, 7) is 3.89. The molecule has 3 aliphatic rings. The number of carbonyl (C=O) groups excluding carboxylic acids is 1. The summed E-state index contributed by atoms with van der Waals surface area (Å²) in [5.41, 5.74) is 1.67. The molecule has 0 spiro atoms. The van der Waals surface area contributed by atoms with Crippen LogP contribution in [-0.4, -0.2) is 58.1 Å². The number of hydrogen-bond acceptors (Lipinski definition) is 3. The van der Waals surface area contributed by atoms with Crippen molar-refractivity contribution in [3.63, 3.8) is 0 Å². The monoisotopic (exact) mass is 338 g/mol. The number of halogens is 1. The molecule has 1 amide bonds. The third kappa shape index (κ3) is 2.09. The van der Waals surface area contributed by atoms with Gasteiger partial charge in [-0.2, -0.15) is 5.10 Å². The quantitative estimate of drug-likeness (QED) is 0.896. The highest BCUT2D eigenvalue weighted by molar-refractivity contribution is 9.10. The zero-order valence-electron chi connectivity index (χ0n) is 11.4. The van der Waals surface area contributed by atoms with Crippen molar-refractivity contribution in [2.45, 2.75) is 37.6 Å². The number of aromatic nitrogens is 2. The number of H-pyrrole nitrogens is 1. The van der Waals surface area contributed by atoms with E-state index in [1.54, 1.807) is 0 Å². The summed E-state index contributed by atoms with van der Waals surface area (Å²) >= 11 is 3.56. The van der Waals surface area contributed by atoms with Crippen molar-refractivity contribution in [2.24, 2.45) is 0 Å². The summed E-state index contributed by atoms with van der Waals surface area (Å²) in [5.74, 6) is 0.650. The molecule has 6 heteroatoms. The van der Waals surface area contributed by atoms with E-state index < -0.39 is 0 Å². The molecule has 3 fully saturated rings. The predicted octanol–water partition coefficient (Wildman–Crippen LogP) is 1.97. The summed E-state index contributed by atoms with van der Waals surface area (Å²) in [6.07, 6.45) is 4.90. The summed E-state index contributed by atoms with van der Waals surface area (Å²) < 4.78 is 0.888. The number of rotatable bonds is 2. The van der Waals surface area contributed by atoms with E-state index in [4.69, 9.17) is 0 Å². The maximum absolute atomic E-state index is 12.7. The van der Waals surface area contributed by atoms with Gasteiger partial charge in [-0.1, -0.05) is 0 Å². The average Bonchev–Trinajstić information content (AvgIpc) is 3.06. The van der Waals surface area contributed by atoms with Gasteiger partial charge in [0.1, 0.15) is 0 Å². The third-order valence-electron chi connectivity index (χ3n) is 4.80. The van der Waals surface area contributed by atoms with Gasteiger partial charge in [0.15, 0.2) is 5.69 Å². The first-order valence-corrected chi connectivity index (χ1v) is 8.30. The van der Waals surface area contributed by atoms with Crippen molar-refractivity contribution >= 4 is 21.8 Å². The lowest BCUT2D eigenvalue weighted by Crippen LogP contribution is -2.52. The second kappa shape index (κ2) is 4.84. The normalized spacial score (nSPS) is 26.9. The maximum Gasteiger partial charge on any atom is 0.275 e. The predicted molar refractivity (Wildman–Crippen MR) is 78.8 cm³/mol. The van der Waals surface area contributed by atoms with Gasteiger partial charge >= 0.3 is 0 Å². The lowest BCUT2D eigenvalue weighted by molar-refractivity contribution is 0.0565. The van der Waals surface area contributed by atoms with Crippen LogP contribution in [0.3, 0.4) is 0 Å². The van der Waals surface area contributed by atoms with Crippen molar-refractivity contribution in [3.05, 3.63) is 15.9 Å². The van der Waals surface area contributed by atoms with Crippen molar-refractivity contribution in [1.82, 2.24) is 20.0 Å². The Labute approximate surface area is 126 Å². The van der Waals surface area contributed by atoms with Gasteiger partial charge in [0.2, 0.25) is 0 Å². The van der Waals surface area contributed by atoms with Gasteiger partial charge < -0.3 is 4.90 Å². The van der Waals surface area contributed by atoms with Crippen molar-refractivity contribution in [1.29, 1.82) is 0 Å². The molecule has 4 rings (SSSR count). The van der Waals surface area contributed by atoms with Crippen LogP contribution in [0.4, 0.5) is 0 Å². The summed E-state index contributed by atoms with van der Waals surface area (Å²) in [7, 11) is 0. The first-order chi connectivity index (χ1) is 9.74.